The highest BCUT2D eigenvalue weighted by Crippen LogP contribution is 2.57. The van der Waals surface area contributed by atoms with Crippen molar-refractivity contribution in [3.8, 4) is 17.2 Å². The summed E-state index contributed by atoms with van der Waals surface area (Å²) in [6.45, 7) is 6.14. The van der Waals surface area contributed by atoms with Crippen LogP contribution in [-0.2, 0) is 28.6 Å². The third kappa shape index (κ3) is 3.02. The molecule has 9 heteroatoms. The van der Waals surface area contributed by atoms with Crippen LogP contribution in [0.3, 0.4) is 0 Å². The van der Waals surface area contributed by atoms with Gasteiger partial charge in [0.25, 0.3) is 0 Å². The molecule has 1 aromatic heterocycles. The lowest BCUT2D eigenvalue weighted by Gasteiger charge is -2.29. The van der Waals surface area contributed by atoms with E-state index in [1.54, 1.807) is 6.92 Å². The largest absolute Gasteiger partial charge is 0.507 e. The number of fused-ring (bicyclic) bond motifs is 4. The molecule has 36 heavy (non-hydrogen) atoms. The number of Topliss-reactive ketones (excluding diaryl/α,β-unsaturated/α-hetero) is 2. The van der Waals surface area contributed by atoms with E-state index in [1.165, 1.54) is 26.8 Å². The molecule has 0 radical (unpaired) electrons. The van der Waals surface area contributed by atoms with Gasteiger partial charge < -0.3 is 24.8 Å². The molecular formula is C27H25N3O6. The van der Waals surface area contributed by atoms with E-state index in [4.69, 9.17) is 4.74 Å². The van der Waals surface area contributed by atoms with Crippen molar-refractivity contribution in [3.63, 3.8) is 0 Å². The minimum absolute atomic E-state index is 0.00204. The first-order chi connectivity index (χ1) is 17.0. The van der Waals surface area contributed by atoms with Crippen LogP contribution in [0, 0.1) is 6.92 Å². The number of hydrogen-bond donors (Lipinski definition) is 3. The number of carbonyl (C=O) groups is 3. The number of benzene rings is 2. The van der Waals surface area contributed by atoms with E-state index in [0.717, 1.165) is 16.9 Å². The molecule has 1 aliphatic heterocycles. The van der Waals surface area contributed by atoms with Gasteiger partial charge in [-0.2, -0.15) is 0 Å². The van der Waals surface area contributed by atoms with Crippen molar-refractivity contribution >= 4 is 28.4 Å². The van der Waals surface area contributed by atoms with Crippen LogP contribution in [0.2, 0.25) is 0 Å². The molecule has 3 N–H and O–H groups in total. The van der Waals surface area contributed by atoms with Crippen LogP contribution in [0.25, 0.3) is 11.0 Å². The summed E-state index contributed by atoms with van der Waals surface area (Å²) < 4.78 is 7.73. The monoisotopic (exact) mass is 487 g/mol. The van der Waals surface area contributed by atoms with E-state index in [-0.39, 0.29) is 46.1 Å². The number of carbonyl (C=O) groups excluding carboxylic acids is 3. The number of rotatable bonds is 4. The molecule has 2 aliphatic rings. The smallest absolute Gasteiger partial charge is 0.194 e. The van der Waals surface area contributed by atoms with Gasteiger partial charge in [-0.25, -0.2) is 4.98 Å². The predicted octanol–water partition coefficient (Wildman–Crippen LogP) is 3.25. The van der Waals surface area contributed by atoms with Crippen molar-refractivity contribution < 1.29 is 29.3 Å². The number of hydrogen-bond acceptors (Lipinski definition) is 8. The number of ether oxygens (including phenoxy) is 1. The van der Waals surface area contributed by atoms with E-state index in [1.807, 2.05) is 35.9 Å². The lowest BCUT2D eigenvalue weighted by Crippen LogP contribution is -2.41. The molecule has 5 rings (SSSR count). The Hall–Kier alpha value is -4.40. The zero-order chi connectivity index (χ0) is 26.1. The number of nitrogens with one attached hydrogen (secondary N) is 1. The van der Waals surface area contributed by atoms with Crippen LogP contribution < -0.4 is 10.1 Å². The maximum absolute atomic E-state index is 13.9. The summed E-state index contributed by atoms with van der Waals surface area (Å²) in [5, 5.41) is 24.5. The van der Waals surface area contributed by atoms with Crippen LogP contribution in [0.5, 0.6) is 17.2 Å². The van der Waals surface area contributed by atoms with E-state index in [2.05, 4.69) is 10.3 Å². The molecule has 2 aromatic carbocycles. The summed E-state index contributed by atoms with van der Waals surface area (Å²) >= 11 is 0. The van der Waals surface area contributed by atoms with Gasteiger partial charge in [0.05, 0.1) is 28.7 Å². The van der Waals surface area contributed by atoms with Gasteiger partial charge in [0.15, 0.2) is 17.3 Å². The van der Waals surface area contributed by atoms with Gasteiger partial charge >= 0.3 is 0 Å². The second-order valence-corrected chi connectivity index (χ2v) is 9.32. The normalized spacial score (nSPS) is 20.1. The highest BCUT2D eigenvalue weighted by molar-refractivity contribution is 6.31. The molecule has 1 atom stereocenters. The van der Waals surface area contributed by atoms with E-state index in [9.17, 15) is 24.6 Å². The van der Waals surface area contributed by atoms with Crippen molar-refractivity contribution in [1.82, 2.24) is 14.9 Å². The van der Waals surface area contributed by atoms with Crippen molar-refractivity contribution in [2.75, 3.05) is 0 Å². The Morgan fingerprint density at radius 2 is 1.86 bits per heavy atom. The molecule has 9 nitrogen and oxygen atoms in total. The first-order valence-electron chi connectivity index (χ1n) is 11.4. The fraction of sp³-hybridized carbons (Fsp3) is 0.259. The first kappa shape index (κ1) is 23.3. The third-order valence-corrected chi connectivity index (χ3v) is 7.15. The zero-order valence-electron chi connectivity index (χ0n) is 20.5. The SMILES string of the molecule is CC(=O)c1c(O)c(C)c(O)c2c1OC1=CC(=O)/C(=C(/C)NCc3nc4ccccc4n3C)C(=O)[C@@]12C. The maximum atomic E-state index is 13.9. The van der Waals surface area contributed by atoms with Crippen molar-refractivity contribution in [2.24, 2.45) is 7.05 Å². The zero-order valence-corrected chi connectivity index (χ0v) is 20.5. The number of phenolic OH excluding ortho intramolecular Hbond substituents is 2. The average Bonchev–Trinajstić information content (AvgIpc) is 3.30. The molecule has 0 saturated heterocycles. The highest BCUT2D eigenvalue weighted by Gasteiger charge is 2.56. The molecule has 184 valence electrons. The predicted molar refractivity (Wildman–Crippen MR) is 131 cm³/mol. The Morgan fingerprint density at radius 1 is 1.17 bits per heavy atom. The molecule has 0 saturated carbocycles. The minimum Gasteiger partial charge on any atom is -0.507 e. The van der Waals surface area contributed by atoms with Gasteiger partial charge in [-0.15, -0.1) is 0 Å². The molecule has 1 aliphatic carbocycles. The summed E-state index contributed by atoms with van der Waals surface area (Å²) in [6.07, 6.45) is 1.20. The summed E-state index contributed by atoms with van der Waals surface area (Å²) in [5.41, 5.74) is 0.492. The van der Waals surface area contributed by atoms with Crippen molar-refractivity contribution in [3.05, 3.63) is 69.9 Å². The van der Waals surface area contributed by atoms with Gasteiger partial charge in [-0.3, -0.25) is 14.4 Å². The van der Waals surface area contributed by atoms with Crippen LogP contribution >= 0.6 is 0 Å². The number of nitrogens with zero attached hydrogens (tertiary/aromatic N) is 2. The van der Waals surface area contributed by atoms with Crippen molar-refractivity contribution in [2.45, 2.75) is 39.7 Å². The molecule has 3 aromatic rings. The molecule has 2 heterocycles. The number of para-hydroxylation sites is 2. The first-order valence-corrected chi connectivity index (χ1v) is 11.4. The van der Waals surface area contributed by atoms with E-state index in [0.29, 0.717) is 5.70 Å². The Labute approximate surface area is 206 Å². The number of aromatic hydroxyl groups is 2. The molecule has 0 bridgehead atoms. The quantitative estimate of drug-likeness (QED) is 0.290. The van der Waals surface area contributed by atoms with Gasteiger partial charge in [-0.1, -0.05) is 12.1 Å². The molecular weight excluding hydrogens is 462 g/mol. The fourth-order valence-corrected chi connectivity index (χ4v) is 5.02. The molecule has 0 spiro atoms. The Morgan fingerprint density at radius 3 is 2.53 bits per heavy atom. The lowest BCUT2D eigenvalue weighted by molar-refractivity contribution is -0.123. The topological polar surface area (TPSA) is 131 Å². The Kier molecular flexibility index (Phi) is 5.06. The second kappa shape index (κ2) is 7.81. The van der Waals surface area contributed by atoms with E-state index < -0.39 is 28.5 Å². The van der Waals surface area contributed by atoms with Crippen LogP contribution in [0.15, 0.2) is 47.4 Å². The lowest BCUT2D eigenvalue weighted by atomic mass is 9.70. The minimum atomic E-state index is -1.55. The average molecular weight is 488 g/mol. The van der Waals surface area contributed by atoms with Crippen LogP contribution in [0.1, 0.15) is 48.1 Å². The van der Waals surface area contributed by atoms with Gasteiger partial charge in [0.1, 0.15) is 39.8 Å². The standard InChI is InChI=1S/C27H25N3O6/c1-12-23(33)21(14(3)31)25-22(24(12)34)27(4)18(36-25)10-17(32)20(26(27)35)13(2)28-11-19-29-15-8-6-7-9-16(15)30(19)5/h6-10,28,33-34H,11H2,1-5H3/b20-13+/t27-/m0/s1. The summed E-state index contributed by atoms with van der Waals surface area (Å²) in [6, 6.07) is 7.69. The van der Waals surface area contributed by atoms with E-state index >= 15 is 0 Å². The number of aryl methyl sites for hydroxylation is 1. The third-order valence-electron chi connectivity index (χ3n) is 7.15. The van der Waals surface area contributed by atoms with Gasteiger partial charge in [-0.05, 0) is 39.8 Å². The van der Waals surface area contributed by atoms with Crippen LogP contribution in [0.4, 0.5) is 0 Å². The number of ketones is 3. The van der Waals surface area contributed by atoms with Crippen LogP contribution in [-0.4, -0.2) is 37.1 Å². The summed E-state index contributed by atoms with van der Waals surface area (Å²) in [5.74, 6) is -1.79. The number of phenols is 2. The van der Waals surface area contributed by atoms with Gasteiger partial charge in [0.2, 0.25) is 0 Å². The maximum Gasteiger partial charge on any atom is 0.194 e. The van der Waals surface area contributed by atoms with Crippen molar-refractivity contribution in [1.29, 1.82) is 0 Å². The summed E-state index contributed by atoms with van der Waals surface area (Å²) in [7, 11) is 1.89. The Balaban J connectivity index is 1.58. The fourth-order valence-electron chi connectivity index (χ4n) is 5.02. The highest BCUT2D eigenvalue weighted by atomic mass is 16.5. The molecule has 0 fully saturated rings. The molecule has 0 amide bonds. The Bertz CT molecular complexity index is 1590. The number of imidazole rings is 1. The molecule has 0 unspecified atom stereocenters. The van der Waals surface area contributed by atoms with Gasteiger partial charge in [0, 0.05) is 24.4 Å². The second-order valence-electron chi connectivity index (χ2n) is 9.32. The number of aromatic nitrogens is 2. The number of allylic oxidation sites excluding steroid dienone is 4. The summed E-state index contributed by atoms with van der Waals surface area (Å²) in [4.78, 5) is 43.9.